The Morgan fingerprint density at radius 2 is 2.07 bits per heavy atom. The standard InChI is InChI=1S/C10H11BrCl2O/c1-7(5-11)6-14-8-2-3-9(12)10(13)4-8/h2-4,7H,5-6H2,1H3. The third kappa shape index (κ3) is 3.68. The maximum atomic E-state index is 5.84. The molecule has 1 aromatic rings. The van der Waals surface area contributed by atoms with Gasteiger partial charge in [0.15, 0.2) is 0 Å². The molecule has 0 aromatic heterocycles. The van der Waals surface area contributed by atoms with Crippen LogP contribution in [0.5, 0.6) is 5.75 Å². The van der Waals surface area contributed by atoms with Crippen molar-refractivity contribution in [2.24, 2.45) is 5.92 Å². The minimum absolute atomic E-state index is 0.476. The Bertz CT molecular complexity index is 304. The molecule has 1 nitrogen and oxygen atoms in total. The van der Waals surface area contributed by atoms with Gasteiger partial charge in [-0.05, 0) is 18.1 Å². The molecule has 0 heterocycles. The van der Waals surface area contributed by atoms with E-state index in [-0.39, 0.29) is 0 Å². The highest BCUT2D eigenvalue weighted by atomic mass is 79.9. The highest BCUT2D eigenvalue weighted by Crippen LogP contribution is 2.26. The van der Waals surface area contributed by atoms with Gasteiger partial charge < -0.3 is 4.74 Å². The van der Waals surface area contributed by atoms with Gasteiger partial charge in [0.1, 0.15) is 5.75 Å². The summed E-state index contributed by atoms with van der Waals surface area (Å²) in [6.45, 7) is 2.77. The maximum absolute atomic E-state index is 5.84. The second-order valence-electron chi connectivity index (χ2n) is 3.15. The molecule has 0 fully saturated rings. The van der Waals surface area contributed by atoms with Gasteiger partial charge in [0.2, 0.25) is 0 Å². The van der Waals surface area contributed by atoms with Crippen LogP contribution in [0.25, 0.3) is 0 Å². The van der Waals surface area contributed by atoms with Gasteiger partial charge in [-0.25, -0.2) is 0 Å². The summed E-state index contributed by atoms with van der Waals surface area (Å²) < 4.78 is 5.52. The van der Waals surface area contributed by atoms with Crippen LogP contribution in [0, 0.1) is 5.92 Å². The van der Waals surface area contributed by atoms with Crippen molar-refractivity contribution in [3.05, 3.63) is 28.2 Å². The Morgan fingerprint density at radius 3 is 2.64 bits per heavy atom. The molecule has 1 aromatic carbocycles. The molecule has 0 bridgehead atoms. The molecular formula is C10H11BrCl2O. The predicted molar refractivity (Wildman–Crippen MR) is 64.9 cm³/mol. The van der Waals surface area contributed by atoms with E-state index in [1.165, 1.54) is 0 Å². The molecule has 0 aliphatic heterocycles. The Morgan fingerprint density at radius 1 is 1.36 bits per heavy atom. The van der Waals surface area contributed by atoms with Crippen LogP contribution in [0.1, 0.15) is 6.92 Å². The van der Waals surface area contributed by atoms with E-state index in [4.69, 9.17) is 27.9 Å². The van der Waals surface area contributed by atoms with Crippen LogP contribution >= 0.6 is 39.1 Å². The smallest absolute Gasteiger partial charge is 0.120 e. The third-order valence-corrected chi connectivity index (χ3v) is 3.53. The zero-order valence-electron chi connectivity index (χ0n) is 7.77. The van der Waals surface area contributed by atoms with Crippen molar-refractivity contribution in [1.29, 1.82) is 0 Å². The number of rotatable bonds is 4. The van der Waals surface area contributed by atoms with Gasteiger partial charge in [0, 0.05) is 11.4 Å². The maximum Gasteiger partial charge on any atom is 0.120 e. The number of alkyl halides is 1. The number of hydrogen-bond acceptors (Lipinski definition) is 1. The second-order valence-corrected chi connectivity index (χ2v) is 4.61. The average Bonchev–Trinajstić information content (AvgIpc) is 2.19. The normalized spacial score (nSPS) is 12.6. The van der Waals surface area contributed by atoms with Crippen LogP contribution in [-0.2, 0) is 0 Å². The summed E-state index contributed by atoms with van der Waals surface area (Å²) in [4.78, 5) is 0. The fourth-order valence-corrected chi connectivity index (χ4v) is 1.32. The molecule has 4 heteroatoms. The molecule has 78 valence electrons. The lowest BCUT2D eigenvalue weighted by Crippen LogP contribution is -2.09. The molecule has 0 N–H and O–H groups in total. The van der Waals surface area contributed by atoms with Gasteiger partial charge in [0.05, 0.1) is 16.7 Å². The molecule has 14 heavy (non-hydrogen) atoms. The molecule has 0 amide bonds. The van der Waals surface area contributed by atoms with Gasteiger partial charge in [0.25, 0.3) is 0 Å². The van der Waals surface area contributed by atoms with Crippen LogP contribution in [0.2, 0.25) is 10.0 Å². The fourth-order valence-electron chi connectivity index (χ4n) is 0.850. The van der Waals surface area contributed by atoms with E-state index in [9.17, 15) is 0 Å². The highest BCUT2D eigenvalue weighted by molar-refractivity contribution is 9.09. The summed E-state index contributed by atoms with van der Waals surface area (Å²) in [5, 5.41) is 2.00. The molecular weight excluding hydrogens is 287 g/mol. The van der Waals surface area contributed by atoms with Crippen LogP contribution < -0.4 is 4.74 Å². The first kappa shape index (κ1) is 12.2. The van der Waals surface area contributed by atoms with Crippen molar-refractivity contribution in [2.75, 3.05) is 11.9 Å². The number of benzene rings is 1. The summed E-state index contributed by atoms with van der Waals surface area (Å²) in [6.07, 6.45) is 0. The summed E-state index contributed by atoms with van der Waals surface area (Å²) >= 11 is 15.0. The lowest BCUT2D eigenvalue weighted by molar-refractivity contribution is 0.274. The van der Waals surface area contributed by atoms with Crippen molar-refractivity contribution >= 4 is 39.1 Å². The van der Waals surface area contributed by atoms with Crippen LogP contribution in [0.15, 0.2) is 18.2 Å². The second kappa shape index (κ2) is 5.84. The molecule has 1 rings (SSSR count). The van der Waals surface area contributed by atoms with Crippen LogP contribution in [0.3, 0.4) is 0 Å². The molecule has 0 saturated heterocycles. The third-order valence-electron chi connectivity index (χ3n) is 1.69. The topological polar surface area (TPSA) is 9.23 Å². The largest absolute Gasteiger partial charge is 0.493 e. The summed E-state index contributed by atoms with van der Waals surface area (Å²) in [6, 6.07) is 5.28. The molecule has 0 aliphatic carbocycles. The summed E-state index contributed by atoms with van der Waals surface area (Å²) in [5.74, 6) is 1.23. The van der Waals surface area contributed by atoms with Crippen molar-refractivity contribution in [1.82, 2.24) is 0 Å². The minimum Gasteiger partial charge on any atom is -0.493 e. The van der Waals surface area contributed by atoms with Gasteiger partial charge in [-0.2, -0.15) is 0 Å². The van der Waals surface area contributed by atoms with E-state index in [0.717, 1.165) is 11.1 Å². The minimum atomic E-state index is 0.476. The lowest BCUT2D eigenvalue weighted by atomic mass is 10.2. The van der Waals surface area contributed by atoms with E-state index in [0.29, 0.717) is 22.6 Å². The van der Waals surface area contributed by atoms with Crippen molar-refractivity contribution in [2.45, 2.75) is 6.92 Å². The van der Waals surface area contributed by atoms with Gasteiger partial charge >= 0.3 is 0 Å². The van der Waals surface area contributed by atoms with Gasteiger partial charge in [-0.1, -0.05) is 46.1 Å². The average molecular weight is 298 g/mol. The number of hydrogen-bond donors (Lipinski definition) is 0. The molecule has 0 saturated carbocycles. The molecule has 0 aliphatic rings. The molecule has 0 spiro atoms. The first-order valence-electron chi connectivity index (χ1n) is 4.27. The quantitative estimate of drug-likeness (QED) is 0.748. The van der Waals surface area contributed by atoms with E-state index in [2.05, 4.69) is 22.9 Å². The predicted octanol–water partition coefficient (Wildman–Crippen LogP) is 4.40. The van der Waals surface area contributed by atoms with E-state index in [1.807, 2.05) is 6.07 Å². The SMILES string of the molecule is CC(CBr)COc1ccc(Cl)c(Cl)c1. The zero-order valence-corrected chi connectivity index (χ0v) is 10.9. The summed E-state index contributed by atoms with van der Waals surface area (Å²) in [7, 11) is 0. The summed E-state index contributed by atoms with van der Waals surface area (Å²) in [5.41, 5.74) is 0. The van der Waals surface area contributed by atoms with E-state index < -0.39 is 0 Å². The number of halogens is 3. The Balaban J connectivity index is 2.55. The molecule has 1 atom stereocenters. The monoisotopic (exact) mass is 296 g/mol. The fraction of sp³-hybridized carbons (Fsp3) is 0.400. The van der Waals surface area contributed by atoms with Crippen LogP contribution in [0.4, 0.5) is 0 Å². The first-order chi connectivity index (χ1) is 6.63. The zero-order chi connectivity index (χ0) is 10.6. The van der Waals surface area contributed by atoms with Crippen molar-refractivity contribution in [3.8, 4) is 5.75 Å². The van der Waals surface area contributed by atoms with E-state index in [1.54, 1.807) is 12.1 Å². The van der Waals surface area contributed by atoms with Gasteiger partial charge in [-0.15, -0.1) is 0 Å². The van der Waals surface area contributed by atoms with Gasteiger partial charge in [-0.3, -0.25) is 0 Å². The Hall–Kier alpha value is 0.0800. The lowest BCUT2D eigenvalue weighted by Gasteiger charge is -2.10. The molecule has 0 radical (unpaired) electrons. The Labute approximate surface area is 102 Å². The van der Waals surface area contributed by atoms with E-state index >= 15 is 0 Å². The van der Waals surface area contributed by atoms with Crippen LogP contribution in [-0.4, -0.2) is 11.9 Å². The highest BCUT2D eigenvalue weighted by Gasteiger charge is 2.03. The first-order valence-corrected chi connectivity index (χ1v) is 6.15. The number of ether oxygens (including phenoxy) is 1. The molecule has 1 unspecified atom stereocenters. The Kier molecular flexibility index (Phi) is 5.07. The van der Waals surface area contributed by atoms with Crippen molar-refractivity contribution in [3.63, 3.8) is 0 Å². The van der Waals surface area contributed by atoms with Crippen molar-refractivity contribution < 1.29 is 4.74 Å².